The second-order valence-electron chi connectivity index (χ2n) is 9.08. The summed E-state index contributed by atoms with van der Waals surface area (Å²) in [5.41, 5.74) is 1.10. The van der Waals surface area contributed by atoms with Gasteiger partial charge in [-0.15, -0.1) is 0 Å². The maximum absolute atomic E-state index is 13.1. The summed E-state index contributed by atoms with van der Waals surface area (Å²) in [5, 5.41) is 3.12. The highest BCUT2D eigenvalue weighted by Crippen LogP contribution is 2.27. The first-order valence-corrected chi connectivity index (χ1v) is 15.2. The van der Waals surface area contributed by atoms with Gasteiger partial charge in [0.2, 0.25) is 10.0 Å². The van der Waals surface area contributed by atoms with Crippen LogP contribution in [0.5, 0.6) is 0 Å². The van der Waals surface area contributed by atoms with Crippen LogP contribution in [0.2, 0.25) is 0 Å². The monoisotopic (exact) mass is 507 g/mol. The summed E-state index contributed by atoms with van der Waals surface area (Å²) >= 11 is 0. The molecule has 0 radical (unpaired) electrons. The summed E-state index contributed by atoms with van der Waals surface area (Å²) < 4.78 is 51.9. The van der Waals surface area contributed by atoms with E-state index in [0.29, 0.717) is 30.8 Å². The van der Waals surface area contributed by atoms with Crippen LogP contribution < -0.4 is 5.32 Å². The average molecular weight is 508 g/mol. The lowest BCUT2D eigenvalue weighted by molar-refractivity contribution is 0.119. The molecular formula is C25H37N3O4S2. The number of hydrogen-bond donors (Lipinski definition) is 1. The van der Waals surface area contributed by atoms with Crippen molar-refractivity contribution in [1.82, 2.24) is 14.5 Å². The fourth-order valence-corrected chi connectivity index (χ4v) is 6.98. The maximum atomic E-state index is 13.1. The fourth-order valence-electron chi connectivity index (χ4n) is 4.68. The quantitative estimate of drug-likeness (QED) is 0.503. The van der Waals surface area contributed by atoms with E-state index in [1.807, 2.05) is 37.3 Å². The van der Waals surface area contributed by atoms with E-state index in [9.17, 15) is 16.8 Å². The predicted octanol–water partition coefficient (Wildman–Crippen LogP) is 2.93. The van der Waals surface area contributed by atoms with E-state index < -0.39 is 19.9 Å². The van der Waals surface area contributed by atoms with Crippen molar-refractivity contribution >= 4 is 19.9 Å². The Labute approximate surface area is 205 Å². The molecule has 1 N–H and O–H groups in total. The summed E-state index contributed by atoms with van der Waals surface area (Å²) in [6.45, 7) is 4.62. The van der Waals surface area contributed by atoms with Gasteiger partial charge in [-0.2, -0.15) is 0 Å². The van der Waals surface area contributed by atoms with Crippen LogP contribution in [-0.4, -0.2) is 76.9 Å². The molecule has 3 rings (SSSR count). The molecule has 0 saturated carbocycles. The molecule has 0 aliphatic carbocycles. The van der Waals surface area contributed by atoms with Crippen molar-refractivity contribution in [2.24, 2.45) is 0 Å². The van der Waals surface area contributed by atoms with Gasteiger partial charge in [-0.05, 0) is 49.4 Å². The largest absolute Gasteiger partial charge is 0.302 e. The number of sulfonamides is 1. The minimum Gasteiger partial charge on any atom is -0.302 e. The van der Waals surface area contributed by atoms with Gasteiger partial charge in [-0.3, -0.25) is 4.90 Å². The van der Waals surface area contributed by atoms with E-state index in [1.54, 1.807) is 37.4 Å². The molecule has 188 valence electrons. The summed E-state index contributed by atoms with van der Waals surface area (Å²) in [6.07, 6.45) is 3.29. The number of sulfone groups is 1. The zero-order valence-corrected chi connectivity index (χ0v) is 21.9. The Morgan fingerprint density at radius 1 is 1.03 bits per heavy atom. The Bertz CT molecular complexity index is 1110. The Balaban J connectivity index is 1.74. The molecule has 1 unspecified atom stereocenters. The summed E-state index contributed by atoms with van der Waals surface area (Å²) in [6, 6.07) is 18.5. The second-order valence-corrected chi connectivity index (χ2v) is 13.5. The van der Waals surface area contributed by atoms with Crippen molar-refractivity contribution in [2.75, 3.05) is 39.5 Å². The minimum atomic E-state index is -3.59. The molecule has 34 heavy (non-hydrogen) atoms. The molecule has 2 aromatic rings. The van der Waals surface area contributed by atoms with Crippen LogP contribution in [-0.2, 0) is 19.9 Å². The SMILES string of the molecule is CCN[C@@H]1CC(S(C)(=O)=O)CCN1CC[C@@H](CN(C)S(=O)(=O)c1ccccc1)c1ccccc1. The number of likely N-dealkylation sites (tertiary alicyclic amines) is 1. The Hall–Kier alpha value is -1.78. The third-order valence-corrected chi connectivity index (χ3v) is 10.2. The van der Waals surface area contributed by atoms with Crippen molar-refractivity contribution in [3.05, 3.63) is 66.2 Å². The summed E-state index contributed by atoms with van der Waals surface area (Å²) in [4.78, 5) is 2.60. The summed E-state index contributed by atoms with van der Waals surface area (Å²) in [5.74, 6) is 0.0135. The van der Waals surface area contributed by atoms with Crippen LogP contribution in [0, 0.1) is 0 Å². The van der Waals surface area contributed by atoms with Gasteiger partial charge in [0.15, 0.2) is 0 Å². The smallest absolute Gasteiger partial charge is 0.242 e. The van der Waals surface area contributed by atoms with Crippen LogP contribution in [0.15, 0.2) is 65.6 Å². The van der Waals surface area contributed by atoms with E-state index >= 15 is 0 Å². The molecular weight excluding hydrogens is 470 g/mol. The normalized spacial score (nSPS) is 20.9. The predicted molar refractivity (Wildman–Crippen MR) is 137 cm³/mol. The van der Waals surface area contributed by atoms with E-state index in [2.05, 4.69) is 10.2 Å². The van der Waals surface area contributed by atoms with Crippen molar-refractivity contribution in [3.8, 4) is 0 Å². The lowest BCUT2D eigenvalue weighted by Gasteiger charge is -2.40. The molecule has 1 aliphatic heterocycles. The molecule has 1 saturated heterocycles. The van der Waals surface area contributed by atoms with Crippen LogP contribution >= 0.6 is 0 Å². The molecule has 1 fully saturated rings. The molecule has 2 aromatic carbocycles. The van der Waals surface area contributed by atoms with Crippen LogP contribution in [0.25, 0.3) is 0 Å². The van der Waals surface area contributed by atoms with Gasteiger partial charge in [0.1, 0.15) is 9.84 Å². The molecule has 3 atom stereocenters. The third-order valence-electron chi connectivity index (χ3n) is 6.68. The molecule has 0 amide bonds. The second kappa shape index (κ2) is 11.8. The standard InChI is InChI=1S/C25H37N3O4S2/c1-4-26-25-19-24(33(3,29)30)16-18-28(25)17-15-22(21-11-7-5-8-12-21)20-27(2)34(31,32)23-13-9-6-10-14-23/h5-14,22,24-26H,4,15-20H2,1-3H3/t22-,24?,25-/m0/s1. The Kier molecular flexibility index (Phi) is 9.28. The number of hydrogen-bond acceptors (Lipinski definition) is 6. The average Bonchev–Trinajstić information content (AvgIpc) is 2.82. The van der Waals surface area contributed by atoms with Gasteiger partial charge >= 0.3 is 0 Å². The zero-order chi connectivity index (χ0) is 24.8. The van der Waals surface area contributed by atoms with Gasteiger partial charge in [0.05, 0.1) is 16.3 Å². The van der Waals surface area contributed by atoms with Crippen molar-refractivity contribution in [3.63, 3.8) is 0 Å². The highest BCUT2D eigenvalue weighted by Gasteiger charge is 2.33. The number of likely N-dealkylation sites (N-methyl/N-ethyl adjacent to an activating group) is 1. The van der Waals surface area contributed by atoms with Crippen molar-refractivity contribution in [2.45, 2.75) is 48.4 Å². The molecule has 9 heteroatoms. The number of nitrogens with zero attached hydrogens (tertiary/aromatic N) is 2. The maximum Gasteiger partial charge on any atom is 0.242 e. The van der Waals surface area contributed by atoms with Crippen molar-refractivity contribution < 1.29 is 16.8 Å². The third kappa shape index (κ3) is 6.88. The first kappa shape index (κ1) is 26.8. The molecule has 1 heterocycles. The van der Waals surface area contributed by atoms with Gasteiger partial charge in [-0.1, -0.05) is 55.5 Å². The van der Waals surface area contributed by atoms with Gasteiger partial charge in [0.25, 0.3) is 0 Å². The number of rotatable bonds is 11. The lowest BCUT2D eigenvalue weighted by Crippen LogP contribution is -2.53. The first-order chi connectivity index (χ1) is 16.1. The number of piperidine rings is 1. The van der Waals surface area contributed by atoms with Crippen LogP contribution in [0.3, 0.4) is 0 Å². The van der Waals surface area contributed by atoms with E-state index in [1.165, 1.54) is 10.6 Å². The highest BCUT2D eigenvalue weighted by atomic mass is 32.2. The first-order valence-electron chi connectivity index (χ1n) is 11.9. The Morgan fingerprint density at radius 3 is 2.24 bits per heavy atom. The topological polar surface area (TPSA) is 86.8 Å². The minimum absolute atomic E-state index is 0.000629. The zero-order valence-electron chi connectivity index (χ0n) is 20.3. The van der Waals surface area contributed by atoms with Gasteiger partial charge in [-0.25, -0.2) is 21.1 Å². The van der Waals surface area contributed by atoms with Gasteiger partial charge < -0.3 is 5.32 Å². The van der Waals surface area contributed by atoms with Crippen LogP contribution in [0.4, 0.5) is 0 Å². The molecule has 0 bridgehead atoms. The van der Waals surface area contributed by atoms with Gasteiger partial charge in [0, 0.05) is 32.9 Å². The number of nitrogens with one attached hydrogen (secondary N) is 1. The van der Waals surface area contributed by atoms with Crippen LogP contribution in [0.1, 0.15) is 37.7 Å². The summed E-state index contributed by atoms with van der Waals surface area (Å²) in [7, 11) is -5.02. The highest BCUT2D eigenvalue weighted by molar-refractivity contribution is 7.91. The van der Waals surface area contributed by atoms with E-state index in [4.69, 9.17) is 0 Å². The Morgan fingerprint density at radius 2 is 1.65 bits per heavy atom. The van der Waals surface area contributed by atoms with Crippen molar-refractivity contribution in [1.29, 1.82) is 0 Å². The van der Waals surface area contributed by atoms with E-state index in [-0.39, 0.29) is 17.3 Å². The molecule has 0 spiro atoms. The fraction of sp³-hybridized carbons (Fsp3) is 0.520. The molecule has 0 aromatic heterocycles. The lowest BCUT2D eigenvalue weighted by atomic mass is 9.94. The number of benzene rings is 2. The molecule has 1 aliphatic rings. The van der Waals surface area contributed by atoms with E-state index in [0.717, 1.165) is 25.1 Å². The molecule has 7 nitrogen and oxygen atoms in total.